The van der Waals surface area contributed by atoms with Crippen LogP contribution < -0.4 is 0 Å². The summed E-state index contributed by atoms with van der Waals surface area (Å²) >= 11 is 0. The molecule has 2 N–H and O–H groups in total. The Bertz CT molecular complexity index is 405. The summed E-state index contributed by atoms with van der Waals surface area (Å²) in [5.41, 5.74) is 1.42. The van der Waals surface area contributed by atoms with Gasteiger partial charge in [0.15, 0.2) is 0 Å². The van der Waals surface area contributed by atoms with E-state index in [0.29, 0.717) is 5.52 Å². The number of aromatic nitrogens is 2. The molecule has 0 saturated carbocycles. The molecule has 0 aliphatic carbocycles. The minimum absolute atomic E-state index is 0. The molecule has 5 heteroatoms. The van der Waals surface area contributed by atoms with E-state index < -0.39 is 5.97 Å². The number of hydrogen-bond donors (Lipinski definition) is 2. The molecule has 2 rings (SSSR count). The van der Waals surface area contributed by atoms with Gasteiger partial charge in [0.2, 0.25) is 5.82 Å². The summed E-state index contributed by atoms with van der Waals surface area (Å²) in [6, 6.07) is 7.19. The summed E-state index contributed by atoms with van der Waals surface area (Å²) in [5.74, 6) is -1.05. The number of benzene rings is 1. The first kappa shape index (κ1) is 10.2. The third-order valence-electron chi connectivity index (χ3n) is 1.59. The smallest absolute Gasteiger partial charge is 0.371 e. The van der Waals surface area contributed by atoms with Crippen molar-refractivity contribution in [1.29, 1.82) is 0 Å². The molecule has 13 heavy (non-hydrogen) atoms. The normalized spacial score (nSPS) is 9.54. The first-order chi connectivity index (χ1) is 5.77. The third-order valence-corrected chi connectivity index (χ3v) is 1.59. The maximum absolute atomic E-state index is 10.5. The van der Waals surface area contributed by atoms with Gasteiger partial charge in [-0.05, 0) is 12.1 Å². The van der Waals surface area contributed by atoms with Gasteiger partial charge < -0.3 is 10.1 Å². The number of nitrogens with one attached hydrogen (secondary N) is 1. The van der Waals surface area contributed by atoms with Crippen molar-refractivity contribution in [2.45, 2.75) is 0 Å². The Balaban J connectivity index is 0.000000845. The minimum Gasteiger partial charge on any atom is -0.475 e. The number of aromatic carboxylic acids is 1. The van der Waals surface area contributed by atoms with Gasteiger partial charge in [-0.1, -0.05) is 12.1 Å². The first-order valence-electron chi connectivity index (χ1n) is 3.45. The number of aromatic amines is 1. The second-order valence-corrected chi connectivity index (χ2v) is 2.41. The minimum atomic E-state index is -1.04. The van der Waals surface area contributed by atoms with Crippen molar-refractivity contribution in [3.05, 3.63) is 30.1 Å². The van der Waals surface area contributed by atoms with E-state index in [1.807, 2.05) is 12.1 Å². The van der Waals surface area contributed by atoms with Crippen molar-refractivity contribution in [1.82, 2.24) is 9.97 Å². The van der Waals surface area contributed by atoms with Gasteiger partial charge in [-0.2, -0.15) is 0 Å². The molecule has 2 aromatic rings. The Labute approximate surface area is 94.1 Å². The van der Waals surface area contributed by atoms with Crippen LogP contribution in [0.15, 0.2) is 24.3 Å². The molecule has 0 spiro atoms. The molecular weight excluding hydrogens is 269 g/mol. The summed E-state index contributed by atoms with van der Waals surface area (Å²) in [7, 11) is 0. The number of para-hydroxylation sites is 2. The zero-order valence-corrected chi connectivity index (χ0v) is 10.9. The molecule has 0 radical (unpaired) electrons. The van der Waals surface area contributed by atoms with E-state index in [-0.39, 0.29) is 33.1 Å². The number of carboxylic acid groups (broad SMARTS) is 1. The van der Waals surface area contributed by atoms with Crippen LogP contribution in [0.5, 0.6) is 0 Å². The molecule has 0 unspecified atom stereocenters. The second kappa shape index (κ2) is 3.86. The van der Waals surface area contributed by atoms with Crippen LogP contribution in [-0.2, 0) is 27.3 Å². The van der Waals surface area contributed by atoms with Gasteiger partial charge in [-0.15, -0.1) is 0 Å². The van der Waals surface area contributed by atoms with Gasteiger partial charge in [-0.25, -0.2) is 9.78 Å². The largest absolute Gasteiger partial charge is 0.475 e. The van der Waals surface area contributed by atoms with Crippen LogP contribution in [-0.4, -0.2) is 21.0 Å². The Morgan fingerprint density at radius 1 is 1.38 bits per heavy atom. The average molecular weight is 275 g/mol. The fourth-order valence-electron chi connectivity index (χ4n) is 1.05. The van der Waals surface area contributed by atoms with E-state index in [0.717, 1.165) is 5.52 Å². The number of carbonyl (C=O) groups is 1. The zero-order chi connectivity index (χ0) is 8.55. The number of carboxylic acids is 1. The molecule has 0 amide bonds. The number of rotatable bonds is 1. The molecule has 4 nitrogen and oxygen atoms in total. The predicted molar refractivity (Wildman–Crippen MR) is 43.1 cm³/mol. The van der Waals surface area contributed by atoms with Crippen molar-refractivity contribution in [2.75, 3.05) is 0 Å². The van der Waals surface area contributed by atoms with E-state index in [4.69, 9.17) is 5.11 Å². The number of imidazole rings is 1. The van der Waals surface area contributed by atoms with Crippen LogP contribution in [0.2, 0.25) is 0 Å². The average Bonchev–Trinajstić information content (AvgIpc) is 2.46. The number of hydrogen-bond acceptors (Lipinski definition) is 2. The molecule has 62 valence electrons. The third kappa shape index (κ3) is 1.87. The summed E-state index contributed by atoms with van der Waals surface area (Å²) in [5, 5.41) is 8.59. The molecule has 0 atom stereocenters. The number of nitrogens with zero attached hydrogens (tertiary/aromatic N) is 1. The van der Waals surface area contributed by atoms with Gasteiger partial charge in [0.25, 0.3) is 0 Å². The second-order valence-electron chi connectivity index (χ2n) is 2.41. The van der Waals surface area contributed by atoms with Crippen LogP contribution in [0.1, 0.15) is 10.6 Å². The van der Waals surface area contributed by atoms with E-state index in [9.17, 15) is 4.79 Å². The van der Waals surface area contributed by atoms with Crippen molar-refractivity contribution in [3.8, 4) is 0 Å². The molecule has 0 bridgehead atoms. The van der Waals surface area contributed by atoms with Gasteiger partial charge >= 0.3 is 5.97 Å². The molecule has 1 aromatic carbocycles. The topological polar surface area (TPSA) is 66.0 Å². The van der Waals surface area contributed by atoms with Gasteiger partial charge in [0.05, 0.1) is 11.0 Å². The van der Waals surface area contributed by atoms with Crippen LogP contribution in [0.4, 0.5) is 0 Å². The van der Waals surface area contributed by atoms with Crippen molar-refractivity contribution < 1.29 is 37.2 Å². The van der Waals surface area contributed by atoms with Gasteiger partial charge in [0, 0.05) is 27.3 Å². The van der Waals surface area contributed by atoms with Crippen molar-refractivity contribution in [2.24, 2.45) is 0 Å². The fourth-order valence-corrected chi connectivity index (χ4v) is 1.05. The van der Waals surface area contributed by atoms with Gasteiger partial charge in [-0.3, -0.25) is 0 Å². The quantitative estimate of drug-likeness (QED) is 0.770. The Hall–Kier alpha value is -0.918. The standard InChI is InChI=1S/C8H6N2O2.Cd/c11-8(12)7-9-5-3-1-2-4-6(5)10-7;/h1-4H,(H,9,10)(H,11,12);. The fraction of sp³-hybridized carbons (Fsp3) is 0. The maximum atomic E-state index is 10.5. The predicted octanol–water partition coefficient (Wildman–Crippen LogP) is 1.26. The van der Waals surface area contributed by atoms with E-state index in [1.165, 1.54) is 0 Å². The Morgan fingerprint density at radius 3 is 2.69 bits per heavy atom. The zero-order valence-electron chi connectivity index (χ0n) is 6.82. The Morgan fingerprint density at radius 2 is 2.08 bits per heavy atom. The van der Waals surface area contributed by atoms with E-state index in [1.54, 1.807) is 12.1 Å². The van der Waals surface area contributed by atoms with Crippen molar-refractivity contribution in [3.63, 3.8) is 0 Å². The molecular formula is C8H6CdN2O2. The first-order valence-corrected chi connectivity index (χ1v) is 3.45. The van der Waals surface area contributed by atoms with E-state index >= 15 is 0 Å². The van der Waals surface area contributed by atoms with Gasteiger partial charge in [0.1, 0.15) is 0 Å². The molecule has 0 aliphatic heterocycles. The van der Waals surface area contributed by atoms with Crippen LogP contribution in [0, 0.1) is 0 Å². The molecule has 1 heterocycles. The molecule has 0 saturated heterocycles. The number of fused-ring (bicyclic) bond motifs is 1. The van der Waals surface area contributed by atoms with Crippen LogP contribution in [0.3, 0.4) is 0 Å². The Kier molecular flexibility index (Phi) is 3.02. The summed E-state index contributed by atoms with van der Waals surface area (Å²) in [6.07, 6.45) is 0. The molecule has 0 fully saturated rings. The SMILES string of the molecule is O=C(O)c1nc2ccccc2[nH]1.[Cd]. The monoisotopic (exact) mass is 276 g/mol. The van der Waals surface area contributed by atoms with Crippen LogP contribution in [0.25, 0.3) is 11.0 Å². The molecule has 0 aliphatic rings. The van der Waals surface area contributed by atoms with Crippen LogP contribution >= 0.6 is 0 Å². The summed E-state index contributed by atoms with van der Waals surface area (Å²) in [6.45, 7) is 0. The number of H-pyrrole nitrogens is 1. The maximum Gasteiger partial charge on any atom is 0.371 e. The molecule has 1 aromatic heterocycles. The summed E-state index contributed by atoms with van der Waals surface area (Å²) < 4.78 is 0. The van der Waals surface area contributed by atoms with Crippen molar-refractivity contribution >= 4 is 17.0 Å². The van der Waals surface area contributed by atoms with E-state index in [2.05, 4.69) is 9.97 Å². The summed E-state index contributed by atoms with van der Waals surface area (Å²) in [4.78, 5) is 17.0.